The lowest BCUT2D eigenvalue weighted by Crippen LogP contribution is -2.51. The van der Waals surface area contributed by atoms with Crippen molar-refractivity contribution in [3.8, 4) is 0 Å². The van der Waals surface area contributed by atoms with E-state index in [-0.39, 0.29) is 41.2 Å². The Hall–Kier alpha value is -1.10. The summed E-state index contributed by atoms with van der Waals surface area (Å²) in [6, 6.07) is 0. The Morgan fingerprint density at radius 2 is 1.79 bits per heavy atom. The van der Waals surface area contributed by atoms with E-state index in [2.05, 4.69) is 6.92 Å². The van der Waals surface area contributed by atoms with Crippen LogP contribution in [0.1, 0.15) is 52.4 Å². The van der Waals surface area contributed by atoms with Gasteiger partial charge in [-0.15, -0.1) is 0 Å². The minimum absolute atomic E-state index is 0.0785. The van der Waals surface area contributed by atoms with Crippen LogP contribution < -0.4 is 0 Å². The van der Waals surface area contributed by atoms with Crippen molar-refractivity contribution in [2.75, 3.05) is 14.2 Å². The summed E-state index contributed by atoms with van der Waals surface area (Å²) in [6.07, 6.45) is 4.72. The van der Waals surface area contributed by atoms with E-state index >= 15 is 0 Å². The Morgan fingerprint density at radius 3 is 2.42 bits per heavy atom. The summed E-state index contributed by atoms with van der Waals surface area (Å²) < 4.78 is 10.3. The summed E-state index contributed by atoms with van der Waals surface area (Å²) in [6.45, 7) is 4.21. The van der Waals surface area contributed by atoms with E-state index in [1.54, 1.807) is 0 Å². The quantitative estimate of drug-likeness (QED) is 0.783. The van der Waals surface area contributed by atoms with Gasteiger partial charge in [0.15, 0.2) is 0 Å². The third-order valence-corrected chi connectivity index (χ3v) is 7.47. The molecule has 5 nitrogen and oxygen atoms in total. The first-order valence-corrected chi connectivity index (χ1v) is 9.14. The van der Waals surface area contributed by atoms with Gasteiger partial charge in [0.05, 0.1) is 31.7 Å². The van der Waals surface area contributed by atoms with Crippen molar-refractivity contribution in [2.45, 2.75) is 58.5 Å². The van der Waals surface area contributed by atoms with E-state index in [4.69, 9.17) is 9.47 Å². The number of ether oxygens (including phenoxy) is 2. The van der Waals surface area contributed by atoms with Gasteiger partial charge in [0.25, 0.3) is 0 Å². The summed E-state index contributed by atoms with van der Waals surface area (Å²) in [5.74, 6) is -0.405. The molecule has 3 rings (SSSR count). The molecule has 0 amide bonds. The molecule has 0 aromatic carbocycles. The molecule has 0 saturated heterocycles. The van der Waals surface area contributed by atoms with Crippen LogP contribution >= 0.6 is 0 Å². The van der Waals surface area contributed by atoms with Crippen LogP contribution in [0.15, 0.2) is 0 Å². The standard InChI is InChI=1S/C19H30O5/c1-18-8-5-9-19(2,17(22)24-4)15(18)14(16(21)23-3)12-10-11(20)6-7-13(12)18/h11-15,20H,5-10H2,1-4H3/t11-,12?,13?,14-,15-,18-,19+/m0/s1. The number of aliphatic hydroxyl groups is 1. The number of aliphatic hydroxyl groups excluding tert-OH is 1. The van der Waals surface area contributed by atoms with Crippen LogP contribution in [-0.2, 0) is 19.1 Å². The summed E-state index contributed by atoms with van der Waals surface area (Å²) >= 11 is 0. The molecule has 3 aliphatic carbocycles. The van der Waals surface area contributed by atoms with Crippen molar-refractivity contribution in [2.24, 2.45) is 34.5 Å². The number of carbonyl (C=O) groups excluding carboxylic acids is 2. The second-order valence-electron chi connectivity index (χ2n) is 8.53. The molecule has 0 heterocycles. The monoisotopic (exact) mass is 338 g/mol. The average Bonchev–Trinajstić information content (AvgIpc) is 2.83. The lowest BCUT2D eigenvalue weighted by atomic mass is 9.53. The van der Waals surface area contributed by atoms with Gasteiger partial charge in [0.2, 0.25) is 0 Å². The molecule has 0 aromatic rings. The predicted octanol–water partition coefficient (Wildman–Crippen LogP) is 2.55. The first kappa shape index (κ1) is 17.7. The third kappa shape index (κ3) is 2.31. The van der Waals surface area contributed by atoms with Crippen LogP contribution in [0, 0.1) is 34.5 Å². The van der Waals surface area contributed by atoms with Gasteiger partial charge >= 0.3 is 11.9 Å². The maximum Gasteiger partial charge on any atom is 0.311 e. The molecule has 0 aromatic heterocycles. The molecule has 7 atom stereocenters. The lowest BCUT2D eigenvalue weighted by molar-refractivity contribution is -0.169. The Labute approximate surface area is 144 Å². The van der Waals surface area contributed by atoms with Crippen molar-refractivity contribution in [3.05, 3.63) is 0 Å². The molecular weight excluding hydrogens is 308 g/mol. The van der Waals surface area contributed by atoms with Crippen molar-refractivity contribution in [3.63, 3.8) is 0 Å². The predicted molar refractivity (Wildman–Crippen MR) is 87.9 cm³/mol. The number of rotatable bonds is 2. The number of hydrogen-bond donors (Lipinski definition) is 1. The molecule has 0 spiro atoms. The molecule has 3 fully saturated rings. The average molecular weight is 338 g/mol. The van der Waals surface area contributed by atoms with Gasteiger partial charge in [-0.25, -0.2) is 0 Å². The maximum absolute atomic E-state index is 12.7. The fourth-order valence-corrected chi connectivity index (χ4v) is 6.65. The molecular formula is C19H30O5. The molecule has 0 radical (unpaired) electrons. The second-order valence-corrected chi connectivity index (χ2v) is 8.53. The number of hydrogen-bond acceptors (Lipinski definition) is 5. The zero-order valence-electron chi connectivity index (χ0n) is 15.2. The normalized spacial score (nSPS) is 47.5. The second kappa shape index (κ2) is 6.01. The highest BCUT2D eigenvalue weighted by molar-refractivity contribution is 5.80. The van der Waals surface area contributed by atoms with Crippen molar-refractivity contribution in [1.82, 2.24) is 0 Å². The molecule has 3 aliphatic rings. The van der Waals surface area contributed by atoms with Crippen molar-refractivity contribution < 1.29 is 24.2 Å². The number of methoxy groups -OCH3 is 2. The minimum Gasteiger partial charge on any atom is -0.469 e. The van der Waals surface area contributed by atoms with Crippen LogP contribution in [0.4, 0.5) is 0 Å². The summed E-state index contributed by atoms with van der Waals surface area (Å²) in [4.78, 5) is 25.4. The zero-order chi connectivity index (χ0) is 17.7. The van der Waals surface area contributed by atoms with E-state index in [1.807, 2.05) is 6.92 Å². The summed E-state index contributed by atoms with van der Waals surface area (Å²) in [5, 5.41) is 10.2. The van der Waals surface area contributed by atoms with Crippen LogP contribution in [0.5, 0.6) is 0 Å². The summed E-state index contributed by atoms with van der Waals surface area (Å²) in [5.41, 5.74) is -0.742. The summed E-state index contributed by atoms with van der Waals surface area (Å²) in [7, 11) is 2.85. The highest BCUT2D eigenvalue weighted by Gasteiger charge is 2.68. The smallest absolute Gasteiger partial charge is 0.311 e. The molecule has 2 unspecified atom stereocenters. The fraction of sp³-hybridized carbons (Fsp3) is 0.895. The van der Waals surface area contributed by atoms with Gasteiger partial charge in [-0.05, 0) is 62.2 Å². The molecule has 0 bridgehead atoms. The SMILES string of the molecule is COC(=O)[C@H]1C2C[C@@H](O)CCC2[C@]2(C)CCC[C@@](C)(C(=O)OC)[C@@H]12. The molecule has 0 aliphatic heterocycles. The third-order valence-electron chi connectivity index (χ3n) is 7.47. The van der Waals surface area contributed by atoms with Gasteiger partial charge in [-0.2, -0.15) is 0 Å². The van der Waals surface area contributed by atoms with Crippen molar-refractivity contribution in [1.29, 1.82) is 0 Å². The van der Waals surface area contributed by atoms with Gasteiger partial charge in [0.1, 0.15) is 0 Å². The molecule has 3 saturated carbocycles. The number of carbonyl (C=O) groups is 2. The van der Waals surface area contributed by atoms with Crippen LogP contribution in [0.2, 0.25) is 0 Å². The molecule has 1 N–H and O–H groups in total. The Kier molecular flexibility index (Phi) is 4.44. The first-order valence-electron chi connectivity index (χ1n) is 9.14. The highest BCUT2D eigenvalue weighted by atomic mass is 16.5. The Bertz CT molecular complexity index is 532. The minimum atomic E-state index is -0.664. The largest absolute Gasteiger partial charge is 0.469 e. The molecule has 5 heteroatoms. The van der Waals surface area contributed by atoms with Gasteiger partial charge in [-0.3, -0.25) is 9.59 Å². The number of esters is 2. The van der Waals surface area contributed by atoms with E-state index in [1.165, 1.54) is 14.2 Å². The van der Waals surface area contributed by atoms with E-state index in [9.17, 15) is 14.7 Å². The van der Waals surface area contributed by atoms with Crippen LogP contribution in [-0.4, -0.2) is 37.4 Å². The first-order chi connectivity index (χ1) is 11.3. The Balaban J connectivity index is 2.10. The van der Waals surface area contributed by atoms with E-state index in [0.29, 0.717) is 12.3 Å². The topological polar surface area (TPSA) is 72.8 Å². The van der Waals surface area contributed by atoms with Gasteiger partial charge in [-0.1, -0.05) is 13.3 Å². The highest BCUT2D eigenvalue weighted by Crippen LogP contribution is 2.69. The van der Waals surface area contributed by atoms with E-state index < -0.39 is 5.41 Å². The number of fused-ring (bicyclic) bond motifs is 3. The van der Waals surface area contributed by atoms with Crippen molar-refractivity contribution >= 4 is 11.9 Å². The molecule has 24 heavy (non-hydrogen) atoms. The fourth-order valence-electron chi connectivity index (χ4n) is 6.65. The van der Waals surface area contributed by atoms with Gasteiger partial charge < -0.3 is 14.6 Å². The van der Waals surface area contributed by atoms with Crippen LogP contribution in [0.25, 0.3) is 0 Å². The molecule has 136 valence electrons. The lowest BCUT2D eigenvalue weighted by Gasteiger charge is -2.50. The van der Waals surface area contributed by atoms with E-state index in [0.717, 1.165) is 32.1 Å². The maximum atomic E-state index is 12.7. The van der Waals surface area contributed by atoms with Gasteiger partial charge in [0, 0.05) is 0 Å². The Morgan fingerprint density at radius 1 is 1.08 bits per heavy atom. The van der Waals surface area contributed by atoms with Crippen LogP contribution in [0.3, 0.4) is 0 Å². The zero-order valence-corrected chi connectivity index (χ0v) is 15.2.